The van der Waals surface area contributed by atoms with E-state index in [2.05, 4.69) is 12.1 Å². The molecule has 1 fully saturated rings. The molecule has 4 nitrogen and oxygen atoms in total. The molecule has 1 saturated heterocycles. The highest BCUT2D eigenvalue weighted by Crippen LogP contribution is 2.30. The SMILES string of the molecule is C/C(=C1\C(=O)CCN1C(=O)OC(C)(C)C)c1ccc(-c2ccccc2)cc1. The zero-order valence-corrected chi connectivity index (χ0v) is 16.3. The van der Waals surface area contributed by atoms with Crippen LogP contribution in [0.2, 0.25) is 0 Å². The molecule has 0 atom stereocenters. The fourth-order valence-electron chi connectivity index (χ4n) is 3.19. The van der Waals surface area contributed by atoms with Crippen molar-refractivity contribution in [2.45, 2.75) is 39.7 Å². The van der Waals surface area contributed by atoms with Crippen LogP contribution in [0.4, 0.5) is 4.79 Å². The van der Waals surface area contributed by atoms with Gasteiger partial charge >= 0.3 is 6.09 Å². The third kappa shape index (κ3) is 4.27. The first-order valence-electron chi connectivity index (χ1n) is 9.17. The van der Waals surface area contributed by atoms with E-state index in [1.54, 1.807) is 0 Å². The van der Waals surface area contributed by atoms with Crippen LogP contribution in [0.15, 0.2) is 60.3 Å². The standard InChI is InChI=1S/C23H25NO3/c1-16(17-10-12-19(13-11-17)18-8-6-5-7-9-18)21-20(25)14-15-24(21)22(26)27-23(2,3)4/h5-13H,14-15H2,1-4H3/b21-16-. The zero-order valence-electron chi connectivity index (χ0n) is 16.3. The molecular weight excluding hydrogens is 338 g/mol. The number of ether oxygens (including phenoxy) is 1. The van der Waals surface area contributed by atoms with Gasteiger partial charge in [-0.15, -0.1) is 0 Å². The number of nitrogens with zero attached hydrogens (tertiary/aromatic N) is 1. The van der Waals surface area contributed by atoms with E-state index >= 15 is 0 Å². The molecule has 140 valence electrons. The number of ketones is 1. The van der Waals surface area contributed by atoms with Gasteiger partial charge in [0.15, 0.2) is 5.78 Å². The minimum absolute atomic E-state index is 0.0227. The van der Waals surface area contributed by atoms with Crippen LogP contribution >= 0.6 is 0 Å². The van der Waals surface area contributed by atoms with E-state index in [1.807, 2.05) is 70.2 Å². The highest BCUT2D eigenvalue weighted by atomic mass is 16.6. The Hall–Kier alpha value is -2.88. The van der Waals surface area contributed by atoms with Crippen molar-refractivity contribution >= 4 is 17.4 Å². The average Bonchev–Trinajstić information content (AvgIpc) is 3.02. The topological polar surface area (TPSA) is 46.6 Å². The van der Waals surface area contributed by atoms with E-state index in [0.717, 1.165) is 22.3 Å². The van der Waals surface area contributed by atoms with Gasteiger partial charge in [-0.05, 0) is 50.0 Å². The molecule has 4 heteroatoms. The molecule has 0 aliphatic carbocycles. The molecular formula is C23H25NO3. The third-order valence-corrected chi connectivity index (χ3v) is 4.49. The minimum Gasteiger partial charge on any atom is -0.443 e. The van der Waals surface area contributed by atoms with Crippen LogP contribution in [-0.2, 0) is 9.53 Å². The molecule has 0 bridgehead atoms. The summed E-state index contributed by atoms with van der Waals surface area (Å²) >= 11 is 0. The van der Waals surface area contributed by atoms with Gasteiger partial charge in [0.05, 0.1) is 5.70 Å². The number of carbonyl (C=O) groups is 2. The lowest BCUT2D eigenvalue weighted by atomic mass is 9.99. The smallest absolute Gasteiger partial charge is 0.414 e. The fourth-order valence-corrected chi connectivity index (χ4v) is 3.19. The number of allylic oxidation sites excluding steroid dienone is 2. The lowest BCUT2D eigenvalue weighted by molar-refractivity contribution is -0.114. The first kappa shape index (κ1) is 18.9. The molecule has 2 aromatic rings. The summed E-state index contributed by atoms with van der Waals surface area (Å²) in [5.41, 5.74) is 3.81. The lowest BCUT2D eigenvalue weighted by Gasteiger charge is -2.25. The van der Waals surface area contributed by atoms with Crippen LogP contribution in [0.5, 0.6) is 0 Å². The van der Waals surface area contributed by atoms with Gasteiger partial charge in [-0.3, -0.25) is 9.69 Å². The molecule has 1 amide bonds. The van der Waals surface area contributed by atoms with Crippen molar-refractivity contribution in [3.8, 4) is 11.1 Å². The van der Waals surface area contributed by atoms with Crippen molar-refractivity contribution in [1.82, 2.24) is 4.90 Å². The molecule has 27 heavy (non-hydrogen) atoms. The van der Waals surface area contributed by atoms with Crippen LogP contribution in [0, 0.1) is 0 Å². The van der Waals surface area contributed by atoms with Gasteiger partial charge in [0.1, 0.15) is 5.60 Å². The maximum atomic E-state index is 12.5. The van der Waals surface area contributed by atoms with Crippen LogP contribution in [-0.4, -0.2) is 28.9 Å². The van der Waals surface area contributed by atoms with Crippen molar-refractivity contribution in [1.29, 1.82) is 0 Å². The van der Waals surface area contributed by atoms with Gasteiger partial charge in [-0.25, -0.2) is 4.79 Å². The van der Waals surface area contributed by atoms with Crippen molar-refractivity contribution in [3.63, 3.8) is 0 Å². The van der Waals surface area contributed by atoms with E-state index in [1.165, 1.54) is 4.90 Å². The Morgan fingerprint density at radius 1 is 0.963 bits per heavy atom. The Labute approximate surface area is 160 Å². The maximum Gasteiger partial charge on any atom is 0.414 e. The summed E-state index contributed by atoms with van der Waals surface area (Å²) in [7, 11) is 0. The molecule has 0 saturated carbocycles. The average molecular weight is 363 g/mol. The van der Waals surface area contributed by atoms with E-state index in [0.29, 0.717) is 18.7 Å². The second kappa shape index (κ2) is 7.39. The summed E-state index contributed by atoms with van der Waals surface area (Å²) in [6, 6.07) is 18.2. The number of hydrogen-bond donors (Lipinski definition) is 0. The number of amides is 1. The Morgan fingerprint density at radius 2 is 1.56 bits per heavy atom. The Kier molecular flexibility index (Phi) is 5.17. The maximum absolute atomic E-state index is 12.5. The summed E-state index contributed by atoms with van der Waals surface area (Å²) < 4.78 is 5.46. The molecule has 0 radical (unpaired) electrons. The highest BCUT2D eigenvalue weighted by molar-refractivity contribution is 6.06. The van der Waals surface area contributed by atoms with Crippen LogP contribution in [0.3, 0.4) is 0 Å². The minimum atomic E-state index is -0.598. The van der Waals surface area contributed by atoms with Gasteiger partial charge in [0.2, 0.25) is 0 Å². The summed E-state index contributed by atoms with van der Waals surface area (Å²) in [4.78, 5) is 26.4. The Morgan fingerprint density at radius 3 is 2.15 bits per heavy atom. The van der Waals surface area contributed by atoms with Crippen molar-refractivity contribution < 1.29 is 14.3 Å². The van der Waals surface area contributed by atoms with Gasteiger partial charge in [-0.1, -0.05) is 54.6 Å². The van der Waals surface area contributed by atoms with Gasteiger partial charge in [0.25, 0.3) is 0 Å². The van der Waals surface area contributed by atoms with Gasteiger partial charge in [-0.2, -0.15) is 0 Å². The van der Waals surface area contributed by atoms with Crippen molar-refractivity contribution in [2.24, 2.45) is 0 Å². The molecule has 3 rings (SSSR count). The number of hydrogen-bond acceptors (Lipinski definition) is 3. The van der Waals surface area contributed by atoms with Crippen LogP contribution < -0.4 is 0 Å². The Balaban J connectivity index is 1.91. The molecule has 2 aromatic carbocycles. The molecule has 0 N–H and O–H groups in total. The highest BCUT2D eigenvalue weighted by Gasteiger charge is 2.34. The monoisotopic (exact) mass is 363 g/mol. The van der Waals surface area contributed by atoms with Crippen LogP contribution in [0.1, 0.15) is 39.7 Å². The normalized spacial score (nSPS) is 16.4. The fraction of sp³-hybridized carbons (Fsp3) is 0.304. The van der Waals surface area contributed by atoms with Crippen LogP contribution in [0.25, 0.3) is 16.7 Å². The van der Waals surface area contributed by atoms with Gasteiger partial charge in [0, 0.05) is 13.0 Å². The number of likely N-dealkylation sites (tertiary alicyclic amines) is 1. The molecule has 0 aromatic heterocycles. The molecule has 0 spiro atoms. The second-order valence-electron chi connectivity index (χ2n) is 7.72. The first-order valence-corrected chi connectivity index (χ1v) is 9.17. The molecule has 1 aliphatic rings. The molecule has 1 aliphatic heterocycles. The predicted molar refractivity (Wildman–Crippen MR) is 107 cm³/mol. The molecule has 1 heterocycles. The number of rotatable bonds is 2. The number of benzene rings is 2. The summed E-state index contributed by atoms with van der Waals surface area (Å²) in [6.07, 6.45) is -0.141. The summed E-state index contributed by atoms with van der Waals surface area (Å²) in [6.45, 7) is 7.71. The van der Waals surface area contributed by atoms with Crippen molar-refractivity contribution in [2.75, 3.05) is 6.54 Å². The third-order valence-electron chi connectivity index (χ3n) is 4.49. The van der Waals surface area contributed by atoms with E-state index in [9.17, 15) is 9.59 Å². The largest absolute Gasteiger partial charge is 0.443 e. The Bertz CT molecular complexity index is 874. The van der Waals surface area contributed by atoms with E-state index < -0.39 is 11.7 Å². The first-order chi connectivity index (χ1) is 12.8. The van der Waals surface area contributed by atoms with Crippen molar-refractivity contribution in [3.05, 3.63) is 65.9 Å². The predicted octanol–water partition coefficient (Wildman–Crippen LogP) is 5.29. The second-order valence-corrected chi connectivity index (χ2v) is 7.72. The van der Waals surface area contributed by atoms with E-state index in [4.69, 9.17) is 4.74 Å². The zero-order chi connectivity index (χ0) is 19.6. The van der Waals surface area contributed by atoms with E-state index in [-0.39, 0.29) is 5.78 Å². The lowest BCUT2D eigenvalue weighted by Crippen LogP contribution is -2.34. The number of Topliss-reactive ketones (excluding diaryl/α,β-unsaturated/α-hetero) is 1. The summed E-state index contributed by atoms with van der Waals surface area (Å²) in [5.74, 6) is -0.0227. The number of carbonyl (C=O) groups excluding carboxylic acids is 2. The van der Waals surface area contributed by atoms with Gasteiger partial charge < -0.3 is 4.74 Å². The summed E-state index contributed by atoms with van der Waals surface area (Å²) in [5, 5.41) is 0. The quantitative estimate of drug-likeness (QED) is 0.681. The molecule has 0 unspecified atom stereocenters.